The van der Waals surface area contributed by atoms with Gasteiger partial charge >= 0.3 is 6.03 Å². The lowest BCUT2D eigenvalue weighted by atomic mass is 10.0. The summed E-state index contributed by atoms with van der Waals surface area (Å²) in [4.78, 5) is 31.1. The second-order valence-corrected chi connectivity index (χ2v) is 5.17. The fourth-order valence-electron chi connectivity index (χ4n) is 1.96. The van der Waals surface area contributed by atoms with Gasteiger partial charge in [-0.2, -0.15) is 9.98 Å². The first-order valence-corrected chi connectivity index (χ1v) is 6.55. The Morgan fingerprint density at radius 3 is 2.60 bits per heavy atom. The van der Waals surface area contributed by atoms with Crippen LogP contribution >= 0.6 is 0 Å². The van der Waals surface area contributed by atoms with Crippen LogP contribution in [0.25, 0.3) is 0 Å². The van der Waals surface area contributed by atoms with Crippen LogP contribution in [0.5, 0.6) is 0 Å². The van der Waals surface area contributed by atoms with Crippen LogP contribution in [0.2, 0.25) is 0 Å². The van der Waals surface area contributed by atoms with E-state index in [4.69, 9.17) is 0 Å². The lowest BCUT2D eigenvalue weighted by molar-refractivity contribution is -0.110. The number of amides is 3. The Hall–Kier alpha value is -2.30. The van der Waals surface area contributed by atoms with Gasteiger partial charge in [-0.3, -0.25) is 4.79 Å². The van der Waals surface area contributed by atoms with E-state index < -0.39 is 6.03 Å². The van der Waals surface area contributed by atoms with Crippen molar-refractivity contribution in [3.8, 4) is 0 Å². The van der Waals surface area contributed by atoms with E-state index in [1.807, 2.05) is 45.0 Å². The lowest BCUT2D eigenvalue weighted by Gasteiger charge is -2.10. The van der Waals surface area contributed by atoms with E-state index in [1.165, 1.54) is 0 Å². The summed E-state index contributed by atoms with van der Waals surface area (Å²) >= 11 is 0. The third-order valence-electron chi connectivity index (χ3n) is 2.92. The van der Waals surface area contributed by atoms with Crippen LogP contribution in [0.4, 0.5) is 10.5 Å². The van der Waals surface area contributed by atoms with Gasteiger partial charge in [0.05, 0.1) is 5.71 Å². The van der Waals surface area contributed by atoms with E-state index in [0.29, 0.717) is 23.7 Å². The number of para-hydroxylation sites is 1. The number of nitrogens with one attached hydrogen (secondary N) is 1. The molecule has 0 radical (unpaired) electrons. The van der Waals surface area contributed by atoms with Gasteiger partial charge in [-0.15, -0.1) is 0 Å². The molecular weight excluding hydrogens is 254 g/mol. The van der Waals surface area contributed by atoms with E-state index in [2.05, 4.69) is 15.3 Å². The Labute approximate surface area is 117 Å². The summed E-state index contributed by atoms with van der Waals surface area (Å²) in [5.41, 5.74) is 2.26. The number of carbonyl (C=O) groups excluding carboxylic acids is 2. The predicted octanol–water partition coefficient (Wildman–Crippen LogP) is 3.00. The fourth-order valence-corrected chi connectivity index (χ4v) is 1.96. The molecule has 0 aromatic heterocycles. The molecule has 1 aromatic rings. The first kappa shape index (κ1) is 14.1. The molecule has 20 heavy (non-hydrogen) atoms. The minimum Gasteiger partial charge on any atom is -0.320 e. The highest BCUT2D eigenvalue weighted by atomic mass is 16.2. The number of nitrogens with zero attached hydrogens (tertiary/aromatic N) is 2. The third kappa shape index (κ3) is 3.17. The van der Waals surface area contributed by atoms with Crippen molar-refractivity contribution in [1.82, 2.24) is 0 Å². The van der Waals surface area contributed by atoms with Crippen molar-refractivity contribution in [1.29, 1.82) is 0 Å². The fraction of sp³-hybridized carbons (Fsp3) is 0.333. The number of aliphatic imine (C=N–C) groups is 2. The molecular formula is C15H17N3O2. The first-order chi connectivity index (χ1) is 9.47. The SMILES string of the molecule is Cc1ccccc1NC(=O)C1=NC(=O)N=C1CC(C)C. The van der Waals surface area contributed by atoms with E-state index in [0.717, 1.165) is 5.56 Å². The minimum absolute atomic E-state index is 0.131. The van der Waals surface area contributed by atoms with Crippen LogP contribution in [0.15, 0.2) is 34.3 Å². The summed E-state index contributed by atoms with van der Waals surface area (Å²) in [5.74, 6) is -0.0827. The predicted molar refractivity (Wildman–Crippen MR) is 79.5 cm³/mol. The Morgan fingerprint density at radius 1 is 1.25 bits per heavy atom. The highest BCUT2D eigenvalue weighted by molar-refractivity contribution is 6.71. The average molecular weight is 271 g/mol. The van der Waals surface area contributed by atoms with Crippen molar-refractivity contribution < 1.29 is 9.59 Å². The van der Waals surface area contributed by atoms with Crippen molar-refractivity contribution >= 4 is 29.0 Å². The Kier molecular flexibility index (Phi) is 4.08. The second kappa shape index (κ2) is 5.77. The molecule has 3 amide bonds. The van der Waals surface area contributed by atoms with Crippen molar-refractivity contribution in [2.75, 3.05) is 5.32 Å². The van der Waals surface area contributed by atoms with Crippen molar-refractivity contribution in [2.24, 2.45) is 15.9 Å². The van der Waals surface area contributed by atoms with Crippen LogP contribution < -0.4 is 5.32 Å². The molecule has 0 aliphatic carbocycles. The number of aryl methyl sites for hydroxylation is 1. The van der Waals surface area contributed by atoms with Gasteiger partial charge in [-0.1, -0.05) is 32.0 Å². The van der Waals surface area contributed by atoms with E-state index in [-0.39, 0.29) is 11.6 Å². The molecule has 2 rings (SSSR count). The van der Waals surface area contributed by atoms with Gasteiger partial charge in [-0.25, -0.2) is 4.79 Å². The monoisotopic (exact) mass is 271 g/mol. The molecule has 1 aromatic carbocycles. The average Bonchev–Trinajstić information content (AvgIpc) is 2.72. The molecule has 1 aliphatic rings. The van der Waals surface area contributed by atoms with Gasteiger partial charge in [0.1, 0.15) is 0 Å². The van der Waals surface area contributed by atoms with Gasteiger partial charge in [0.15, 0.2) is 5.71 Å². The van der Waals surface area contributed by atoms with E-state index >= 15 is 0 Å². The zero-order chi connectivity index (χ0) is 14.7. The molecule has 5 heteroatoms. The summed E-state index contributed by atoms with van der Waals surface area (Å²) in [7, 11) is 0. The van der Waals surface area contributed by atoms with Gasteiger partial charge < -0.3 is 5.32 Å². The summed E-state index contributed by atoms with van der Waals surface area (Å²) in [5, 5.41) is 2.77. The molecule has 0 unspecified atom stereocenters. The van der Waals surface area contributed by atoms with Crippen molar-refractivity contribution in [3.05, 3.63) is 29.8 Å². The molecule has 5 nitrogen and oxygen atoms in total. The number of anilines is 1. The molecule has 0 atom stereocenters. The maximum Gasteiger partial charge on any atom is 0.368 e. The van der Waals surface area contributed by atoms with Gasteiger partial charge in [-0.05, 0) is 30.9 Å². The first-order valence-electron chi connectivity index (χ1n) is 6.55. The molecule has 0 fully saturated rings. The van der Waals surface area contributed by atoms with Crippen LogP contribution in [0.1, 0.15) is 25.8 Å². The van der Waals surface area contributed by atoms with Crippen molar-refractivity contribution in [3.63, 3.8) is 0 Å². The summed E-state index contributed by atoms with van der Waals surface area (Å²) < 4.78 is 0. The Balaban J connectivity index is 2.17. The maximum absolute atomic E-state index is 12.2. The quantitative estimate of drug-likeness (QED) is 0.914. The number of urea groups is 1. The Bertz CT molecular complexity index is 615. The second-order valence-electron chi connectivity index (χ2n) is 5.17. The highest BCUT2D eigenvalue weighted by Crippen LogP contribution is 2.15. The lowest BCUT2D eigenvalue weighted by Crippen LogP contribution is -2.29. The van der Waals surface area contributed by atoms with Gasteiger partial charge in [0.25, 0.3) is 5.91 Å². The number of hydrogen-bond donors (Lipinski definition) is 1. The Morgan fingerprint density at radius 2 is 1.95 bits per heavy atom. The van der Waals surface area contributed by atoms with Crippen molar-refractivity contribution in [2.45, 2.75) is 27.2 Å². The molecule has 0 bridgehead atoms. The maximum atomic E-state index is 12.2. The zero-order valence-corrected chi connectivity index (χ0v) is 11.8. The molecule has 104 valence electrons. The topological polar surface area (TPSA) is 70.9 Å². The standard InChI is InChI=1S/C15H17N3O2/c1-9(2)8-12-13(18-15(20)17-12)14(19)16-11-7-5-4-6-10(11)3/h4-7,9H,8H2,1-3H3,(H,16,19). The number of hydrogen-bond acceptors (Lipinski definition) is 2. The molecule has 0 saturated heterocycles. The summed E-state index contributed by atoms with van der Waals surface area (Å²) in [6.45, 7) is 5.91. The third-order valence-corrected chi connectivity index (χ3v) is 2.92. The summed E-state index contributed by atoms with van der Waals surface area (Å²) in [6, 6.07) is 6.85. The largest absolute Gasteiger partial charge is 0.368 e. The van der Waals surface area contributed by atoms with E-state index in [9.17, 15) is 9.59 Å². The smallest absolute Gasteiger partial charge is 0.320 e. The minimum atomic E-state index is -0.601. The number of carbonyl (C=O) groups is 2. The van der Waals surface area contributed by atoms with Crippen LogP contribution in [0, 0.1) is 12.8 Å². The van der Waals surface area contributed by atoms with E-state index in [1.54, 1.807) is 0 Å². The number of rotatable bonds is 4. The molecule has 1 aliphatic heterocycles. The molecule has 0 spiro atoms. The zero-order valence-electron chi connectivity index (χ0n) is 11.8. The van der Waals surface area contributed by atoms with Crippen LogP contribution in [0.3, 0.4) is 0 Å². The normalized spacial score (nSPS) is 14.3. The molecule has 1 N–H and O–H groups in total. The van der Waals surface area contributed by atoms with Gasteiger partial charge in [0, 0.05) is 5.69 Å². The summed E-state index contributed by atoms with van der Waals surface area (Å²) in [6.07, 6.45) is 0.561. The van der Waals surface area contributed by atoms with Gasteiger partial charge in [0.2, 0.25) is 0 Å². The molecule has 0 saturated carbocycles. The van der Waals surface area contributed by atoms with Crippen LogP contribution in [-0.2, 0) is 4.79 Å². The highest BCUT2D eigenvalue weighted by Gasteiger charge is 2.26. The number of benzene rings is 1. The molecule has 1 heterocycles. The van der Waals surface area contributed by atoms with Crippen LogP contribution in [-0.4, -0.2) is 23.4 Å².